The average molecular weight is 238 g/mol. The quantitative estimate of drug-likeness (QED) is 0.775. The third-order valence-corrected chi connectivity index (χ3v) is 2.96. The number of nitrogens with zero attached hydrogens (tertiary/aromatic N) is 4. The number of hydrogen-bond donors (Lipinski definition) is 0. The molecule has 1 aromatic heterocycles. The Kier molecular flexibility index (Phi) is 3.61. The molecule has 1 amide bonds. The molecular weight excluding hydrogens is 220 g/mol. The second-order valence-corrected chi connectivity index (χ2v) is 4.05. The monoisotopic (exact) mass is 238 g/mol. The third-order valence-electron chi connectivity index (χ3n) is 2.96. The van der Waals surface area contributed by atoms with Crippen LogP contribution in [-0.4, -0.2) is 47.2 Å². The highest BCUT2D eigenvalue weighted by atomic mass is 16.4. The first kappa shape index (κ1) is 11.9. The summed E-state index contributed by atoms with van der Waals surface area (Å²) in [5, 5.41) is 7.95. The number of hydrogen-bond acceptors (Lipinski definition) is 5. The predicted octanol–water partition coefficient (Wildman–Crippen LogP) is 0.691. The van der Waals surface area contributed by atoms with Gasteiger partial charge >= 0.3 is 6.01 Å². The summed E-state index contributed by atoms with van der Waals surface area (Å²) in [4.78, 5) is 15.4. The van der Waals surface area contributed by atoms with E-state index >= 15 is 0 Å². The number of piperazine rings is 1. The molecule has 17 heavy (non-hydrogen) atoms. The Morgan fingerprint density at radius 1 is 1.24 bits per heavy atom. The van der Waals surface area contributed by atoms with Gasteiger partial charge in [-0.25, -0.2) is 0 Å². The highest BCUT2D eigenvalue weighted by Crippen LogP contribution is 2.15. The Balaban J connectivity index is 1.92. The van der Waals surface area contributed by atoms with E-state index in [1.54, 1.807) is 0 Å². The van der Waals surface area contributed by atoms with Gasteiger partial charge in [-0.15, -0.1) is 5.10 Å². The lowest BCUT2D eigenvalue weighted by Gasteiger charge is -2.33. The molecule has 0 bridgehead atoms. The number of aromatic nitrogens is 2. The predicted molar refractivity (Wildman–Crippen MR) is 62.8 cm³/mol. The summed E-state index contributed by atoms with van der Waals surface area (Å²) in [5.74, 6) is 0.872. The van der Waals surface area contributed by atoms with Crippen LogP contribution in [0.3, 0.4) is 0 Å². The number of rotatable bonds is 3. The lowest BCUT2D eigenvalue weighted by Crippen LogP contribution is -2.48. The van der Waals surface area contributed by atoms with Crippen molar-refractivity contribution in [2.45, 2.75) is 26.7 Å². The van der Waals surface area contributed by atoms with Crippen molar-refractivity contribution >= 4 is 11.9 Å². The Morgan fingerprint density at radius 2 is 1.94 bits per heavy atom. The average Bonchev–Trinajstić information content (AvgIpc) is 2.87. The lowest BCUT2D eigenvalue weighted by atomic mass is 10.3. The number of carbonyl (C=O) groups is 1. The summed E-state index contributed by atoms with van der Waals surface area (Å²) in [6.07, 6.45) is 1.32. The first-order valence-corrected chi connectivity index (χ1v) is 6.09. The number of amides is 1. The highest BCUT2D eigenvalue weighted by molar-refractivity contribution is 5.76. The maximum Gasteiger partial charge on any atom is 0.318 e. The SMILES string of the molecule is CCC(=O)N1CCN(c2nnc(CC)o2)CC1. The second-order valence-electron chi connectivity index (χ2n) is 4.05. The van der Waals surface area contributed by atoms with Crippen molar-refractivity contribution in [2.24, 2.45) is 0 Å². The molecular formula is C11H18N4O2. The lowest BCUT2D eigenvalue weighted by molar-refractivity contribution is -0.131. The minimum Gasteiger partial charge on any atom is -0.408 e. The number of carbonyl (C=O) groups excluding carboxylic acids is 1. The fraction of sp³-hybridized carbons (Fsp3) is 0.727. The Hall–Kier alpha value is -1.59. The van der Waals surface area contributed by atoms with Gasteiger partial charge in [-0.1, -0.05) is 18.9 Å². The van der Waals surface area contributed by atoms with Gasteiger partial charge in [0.15, 0.2) is 0 Å². The van der Waals surface area contributed by atoms with Crippen LogP contribution in [0.2, 0.25) is 0 Å². The van der Waals surface area contributed by atoms with E-state index in [2.05, 4.69) is 10.2 Å². The minimum atomic E-state index is 0.212. The van der Waals surface area contributed by atoms with Gasteiger partial charge in [-0.3, -0.25) is 4.79 Å². The molecule has 6 nitrogen and oxygen atoms in total. The zero-order valence-corrected chi connectivity index (χ0v) is 10.3. The number of anilines is 1. The van der Waals surface area contributed by atoms with Crippen LogP contribution in [0.1, 0.15) is 26.2 Å². The standard InChI is InChI=1S/C11H18N4O2/c1-3-9-12-13-11(17-9)15-7-5-14(6-8-15)10(16)4-2/h3-8H2,1-2H3. The van der Waals surface area contributed by atoms with Crippen LogP contribution in [0.25, 0.3) is 0 Å². The van der Waals surface area contributed by atoms with Gasteiger partial charge < -0.3 is 14.2 Å². The van der Waals surface area contributed by atoms with E-state index in [1.165, 1.54) is 0 Å². The molecule has 94 valence electrons. The van der Waals surface area contributed by atoms with Gasteiger partial charge in [0.1, 0.15) is 0 Å². The van der Waals surface area contributed by atoms with Crippen LogP contribution >= 0.6 is 0 Å². The summed E-state index contributed by atoms with van der Waals surface area (Å²) in [7, 11) is 0. The van der Waals surface area contributed by atoms with E-state index in [1.807, 2.05) is 23.6 Å². The maximum atomic E-state index is 11.5. The van der Waals surface area contributed by atoms with Crippen LogP contribution in [0.5, 0.6) is 0 Å². The molecule has 1 aromatic rings. The van der Waals surface area contributed by atoms with Crippen LogP contribution in [0.15, 0.2) is 4.42 Å². The Bertz CT molecular complexity index is 383. The summed E-state index contributed by atoms with van der Waals surface area (Å²) >= 11 is 0. The van der Waals surface area contributed by atoms with E-state index in [-0.39, 0.29) is 5.91 Å². The van der Waals surface area contributed by atoms with Crippen molar-refractivity contribution in [2.75, 3.05) is 31.1 Å². The zero-order chi connectivity index (χ0) is 12.3. The molecule has 0 spiro atoms. The third kappa shape index (κ3) is 2.57. The first-order chi connectivity index (χ1) is 8.24. The second kappa shape index (κ2) is 5.16. The zero-order valence-electron chi connectivity index (χ0n) is 10.3. The van der Waals surface area contributed by atoms with Crippen molar-refractivity contribution in [3.63, 3.8) is 0 Å². The molecule has 0 aliphatic carbocycles. The van der Waals surface area contributed by atoms with Gasteiger partial charge in [-0.05, 0) is 0 Å². The van der Waals surface area contributed by atoms with E-state index in [0.717, 1.165) is 32.6 Å². The molecule has 1 fully saturated rings. The molecule has 0 atom stereocenters. The highest BCUT2D eigenvalue weighted by Gasteiger charge is 2.23. The van der Waals surface area contributed by atoms with Gasteiger partial charge in [0.2, 0.25) is 11.8 Å². The van der Waals surface area contributed by atoms with Gasteiger partial charge in [0.25, 0.3) is 0 Å². The van der Waals surface area contributed by atoms with Crippen molar-refractivity contribution in [3.8, 4) is 0 Å². The van der Waals surface area contributed by atoms with E-state index in [9.17, 15) is 4.79 Å². The summed E-state index contributed by atoms with van der Waals surface area (Å²) in [6, 6.07) is 0.574. The molecule has 0 radical (unpaired) electrons. The molecule has 1 aliphatic rings. The Labute approximate surface area is 101 Å². The van der Waals surface area contributed by atoms with Gasteiger partial charge in [0, 0.05) is 39.0 Å². The molecule has 1 aliphatic heterocycles. The summed E-state index contributed by atoms with van der Waals surface area (Å²) in [6.45, 7) is 6.86. The molecule has 1 saturated heterocycles. The van der Waals surface area contributed by atoms with E-state index < -0.39 is 0 Å². The fourth-order valence-corrected chi connectivity index (χ4v) is 1.89. The van der Waals surface area contributed by atoms with Gasteiger partial charge in [-0.2, -0.15) is 0 Å². The molecule has 0 unspecified atom stereocenters. The molecule has 0 N–H and O–H groups in total. The van der Waals surface area contributed by atoms with Crippen molar-refractivity contribution in [1.29, 1.82) is 0 Å². The van der Waals surface area contributed by atoms with Crippen LogP contribution in [-0.2, 0) is 11.2 Å². The fourth-order valence-electron chi connectivity index (χ4n) is 1.89. The van der Waals surface area contributed by atoms with E-state index in [0.29, 0.717) is 18.3 Å². The normalized spacial score (nSPS) is 16.4. The minimum absolute atomic E-state index is 0.212. The molecule has 6 heteroatoms. The molecule has 0 aromatic carbocycles. The Morgan fingerprint density at radius 3 is 2.47 bits per heavy atom. The molecule has 2 heterocycles. The summed E-state index contributed by atoms with van der Waals surface area (Å²) < 4.78 is 5.49. The topological polar surface area (TPSA) is 62.5 Å². The maximum absolute atomic E-state index is 11.5. The first-order valence-electron chi connectivity index (χ1n) is 6.09. The number of aryl methyl sites for hydroxylation is 1. The molecule has 2 rings (SSSR count). The summed E-state index contributed by atoms with van der Waals surface area (Å²) in [5.41, 5.74) is 0. The smallest absolute Gasteiger partial charge is 0.318 e. The van der Waals surface area contributed by atoms with Crippen LogP contribution in [0.4, 0.5) is 6.01 Å². The van der Waals surface area contributed by atoms with Crippen LogP contribution in [0, 0.1) is 0 Å². The van der Waals surface area contributed by atoms with Crippen molar-refractivity contribution in [1.82, 2.24) is 15.1 Å². The van der Waals surface area contributed by atoms with Crippen LogP contribution < -0.4 is 4.90 Å². The van der Waals surface area contributed by atoms with Gasteiger partial charge in [0.05, 0.1) is 0 Å². The largest absolute Gasteiger partial charge is 0.408 e. The molecule has 0 saturated carbocycles. The van der Waals surface area contributed by atoms with E-state index in [4.69, 9.17) is 4.42 Å². The van der Waals surface area contributed by atoms with Crippen molar-refractivity contribution < 1.29 is 9.21 Å². The van der Waals surface area contributed by atoms with Crippen molar-refractivity contribution in [3.05, 3.63) is 5.89 Å².